The Morgan fingerprint density at radius 2 is 1.75 bits per heavy atom. The first kappa shape index (κ1) is 31.4. The average molecular weight is 662 g/mol. The number of benzene rings is 3. The molecule has 1 saturated heterocycles. The van der Waals surface area contributed by atoms with Crippen molar-refractivity contribution in [2.75, 3.05) is 48.7 Å². The molecule has 1 fully saturated rings. The quantitative estimate of drug-likeness (QED) is 0.112. The van der Waals surface area contributed by atoms with Crippen LogP contribution in [0.3, 0.4) is 0 Å². The zero-order valence-electron chi connectivity index (χ0n) is 26.6. The maximum absolute atomic E-state index is 13.5. The molecule has 0 bridgehead atoms. The Labute approximate surface area is 282 Å². The first-order chi connectivity index (χ1) is 23.3. The molecule has 1 amide bonds. The third-order valence-electron chi connectivity index (χ3n) is 9.19. The molecule has 0 saturated carbocycles. The highest BCUT2D eigenvalue weighted by atomic mass is 32.1. The van der Waals surface area contributed by atoms with Gasteiger partial charge in [0.2, 0.25) is 0 Å². The predicted molar refractivity (Wildman–Crippen MR) is 194 cm³/mol. The van der Waals surface area contributed by atoms with Crippen molar-refractivity contribution in [1.29, 1.82) is 5.41 Å². The van der Waals surface area contributed by atoms with Crippen LogP contribution in [0.4, 0.5) is 22.9 Å². The largest absolute Gasteiger partial charge is 0.384 e. The van der Waals surface area contributed by atoms with Gasteiger partial charge in [-0.15, -0.1) is 11.3 Å². The molecule has 48 heavy (non-hydrogen) atoms. The van der Waals surface area contributed by atoms with Gasteiger partial charge in [0.05, 0.1) is 16.1 Å². The number of hydrogen-bond donors (Lipinski definition) is 5. The first-order valence-electron chi connectivity index (χ1n) is 16.3. The lowest BCUT2D eigenvalue weighted by molar-refractivity contribution is 0.0916. The van der Waals surface area contributed by atoms with Crippen molar-refractivity contribution in [2.45, 2.75) is 31.7 Å². The number of fused-ring (bicyclic) bond motifs is 2. The van der Waals surface area contributed by atoms with Crippen LogP contribution < -0.4 is 32.6 Å². The van der Waals surface area contributed by atoms with Gasteiger partial charge in [-0.05, 0) is 85.8 Å². The summed E-state index contributed by atoms with van der Waals surface area (Å²) < 4.78 is 1.59. The maximum atomic E-state index is 13.5. The number of nitrogens with two attached hydrogens (primary N) is 2. The lowest BCUT2D eigenvalue weighted by Crippen LogP contribution is -2.45. The molecule has 4 heterocycles. The van der Waals surface area contributed by atoms with Crippen molar-refractivity contribution in [3.05, 3.63) is 105 Å². The number of nitrogens with zero attached hydrogens (tertiary/aromatic N) is 4. The normalized spacial score (nSPS) is 15.3. The number of anilines is 4. The van der Waals surface area contributed by atoms with E-state index in [1.807, 2.05) is 54.6 Å². The summed E-state index contributed by atoms with van der Waals surface area (Å²) in [5, 5.41) is 14.2. The zero-order valence-corrected chi connectivity index (χ0v) is 27.4. The Morgan fingerprint density at radius 3 is 2.50 bits per heavy atom. The number of piperidine rings is 1. The van der Waals surface area contributed by atoms with Crippen LogP contribution in [-0.2, 0) is 6.42 Å². The highest BCUT2D eigenvalue weighted by Gasteiger charge is 2.24. The number of likely N-dealkylation sites (tertiary alicyclic amines) is 1. The van der Waals surface area contributed by atoms with Gasteiger partial charge in [-0.2, -0.15) is 0 Å². The van der Waals surface area contributed by atoms with Gasteiger partial charge in [0, 0.05) is 61.4 Å². The van der Waals surface area contributed by atoms with E-state index in [1.165, 1.54) is 16.9 Å². The van der Waals surface area contributed by atoms with Gasteiger partial charge in [-0.3, -0.25) is 19.6 Å². The van der Waals surface area contributed by atoms with Gasteiger partial charge >= 0.3 is 0 Å². The highest BCUT2D eigenvalue weighted by Crippen LogP contribution is 2.36. The smallest absolute Gasteiger partial charge is 0.298 e. The zero-order chi connectivity index (χ0) is 33.2. The number of carbonyl (C=O) groups excluding carboxylic acids is 1. The van der Waals surface area contributed by atoms with Gasteiger partial charge in [0.1, 0.15) is 10.7 Å². The van der Waals surface area contributed by atoms with E-state index in [1.54, 1.807) is 10.6 Å². The molecule has 12 heteroatoms. The standard InChI is InChI=1S/C36H39N9O2S/c37-32(38)24-8-11-25(12-9-24)40-16-20-43-18-14-26(15-19-43)41-34(46)31-22-30-35(48-31)42-33(39)36(47)45(30)28-13-10-23-5-4-17-44(29(23)21-28)27-6-2-1-3-7-27/h1-3,6-13,21-22,26,40H,4-5,14-20H2,(H3,37,38)(H2,39,42)(H,41,46). The molecule has 7 N–H and O–H groups in total. The Hall–Kier alpha value is -5.20. The molecule has 0 aliphatic carbocycles. The summed E-state index contributed by atoms with van der Waals surface area (Å²) in [7, 11) is 0. The molecule has 2 aliphatic rings. The molecular formula is C36H39N9O2S. The van der Waals surface area contributed by atoms with Gasteiger partial charge in [0.25, 0.3) is 11.5 Å². The lowest BCUT2D eigenvalue weighted by Gasteiger charge is -2.32. The molecule has 2 aliphatic heterocycles. The Bertz CT molecular complexity index is 2020. The van der Waals surface area contributed by atoms with E-state index in [2.05, 4.69) is 43.6 Å². The molecule has 2 aromatic heterocycles. The number of carbonyl (C=O) groups is 1. The van der Waals surface area contributed by atoms with Crippen molar-refractivity contribution >= 4 is 56.3 Å². The minimum atomic E-state index is -0.399. The number of aromatic nitrogens is 2. The maximum Gasteiger partial charge on any atom is 0.298 e. The Morgan fingerprint density at radius 1 is 0.979 bits per heavy atom. The van der Waals surface area contributed by atoms with Crippen LogP contribution in [0.5, 0.6) is 0 Å². The fourth-order valence-electron chi connectivity index (χ4n) is 6.62. The number of nitrogens with one attached hydrogen (secondary N) is 3. The summed E-state index contributed by atoms with van der Waals surface area (Å²) in [4.78, 5) is 37.0. The van der Waals surface area contributed by atoms with Crippen LogP contribution >= 0.6 is 11.3 Å². The summed E-state index contributed by atoms with van der Waals surface area (Å²) >= 11 is 1.25. The minimum absolute atomic E-state index is 0.0616. The van der Waals surface area contributed by atoms with Crippen LogP contribution in [0, 0.1) is 5.41 Å². The number of amides is 1. The topological polar surface area (TPSA) is 158 Å². The predicted octanol–water partition coefficient (Wildman–Crippen LogP) is 4.70. The lowest BCUT2D eigenvalue weighted by atomic mass is 10.00. The van der Waals surface area contributed by atoms with Crippen LogP contribution in [0.25, 0.3) is 16.0 Å². The first-order valence-corrected chi connectivity index (χ1v) is 17.2. The summed E-state index contributed by atoms with van der Waals surface area (Å²) in [5.74, 6) is -0.194. The monoisotopic (exact) mass is 661 g/mol. The molecule has 3 aromatic carbocycles. The molecule has 5 aromatic rings. The van der Waals surface area contributed by atoms with Gasteiger partial charge in [-0.1, -0.05) is 24.3 Å². The van der Waals surface area contributed by atoms with E-state index < -0.39 is 5.56 Å². The Kier molecular flexibility index (Phi) is 8.83. The van der Waals surface area contributed by atoms with E-state index in [0.29, 0.717) is 26.5 Å². The van der Waals surface area contributed by atoms with Crippen LogP contribution in [0.2, 0.25) is 0 Å². The van der Waals surface area contributed by atoms with Crippen molar-refractivity contribution in [3.8, 4) is 5.69 Å². The number of nitrogen functional groups attached to an aromatic ring is 2. The van der Waals surface area contributed by atoms with E-state index in [9.17, 15) is 9.59 Å². The Balaban J connectivity index is 1.02. The highest BCUT2D eigenvalue weighted by molar-refractivity contribution is 7.20. The van der Waals surface area contributed by atoms with E-state index in [0.717, 1.165) is 75.5 Å². The third-order valence-corrected chi connectivity index (χ3v) is 10.2. The summed E-state index contributed by atoms with van der Waals surface area (Å²) in [6, 6.07) is 25.7. The van der Waals surface area contributed by atoms with Crippen molar-refractivity contribution in [3.63, 3.8) is 0 Å². The second kappa shape index (κ2) is 13.5. The van der Waals surface area contributed by atoms with Crippen molar-refractivity contribution in [1.82, 2.24) is 19.8 Å². The number of aryl methyl sites for hydroxylation is 1. The molecule has 0 radical (unpaired) electrons. The van der Waals surface area contributed by atoms with E-state index in [-0.39, 0.29) is 23.6 Å². The summed E-state index contributed by atoms with van der Waals surface area (Å²) in [6.07, 6.45) is 3.73. The molecular weight excluding hydrogens is 623 g/mol. The van der Waals surface area contributed by atoms with Gasteiger partial charge < -0.3 is 31.9 Å². The fourth-order valence-corrected chi connectivity index (χ4v) is 7.55. The third kappa shape index (κ3) is 6.49. The SMILES string of the molecule is N=C(N)c1ccc(NCCN2CCC(NC(=O)c3cc4c(nc(N)c(=O)n4-c4ccc5c(c4)N(c4ccccc4)CCC5)s3)CC2)cc1. The second-order valence-electron chi connectivity index (χ2n) is 12.3. The molecule has 11 nitrogen and oxygen atoms in total. The number of thiophene rings is 1. The van der Waals surface area contributed by atoms with Crippen LogP contribution in [0.1, 0.15) is 40.1 Å². The fraction of sp³-hybridized carbons (Fsp3) is 0.278. The summed E-state index contributed by atoms with van der Waals surface area (Å²) in [5.41, 5.74) is 17.7. The minimum Gasteiger partial charge on any atom is -0.384 e. The van der Waals surface area contributed by atoms with Gasteiger partial charge in [-0.25, -0.2) is 4.98 Å². The van der Waals surface area contributed by atoms with Crippen molar-refractivity contribution in [2.24, 2.45) is 5.73 Å². The average Bonchev–Trinajstić information content (AvgIpc) is 3.53. The van der Waals surface area contributed by atoms with E-state index in [4.69, 9.17) is 16.9 Å². The molecule has 7 rings (SSSR count). The molecule has 0 unspecified atom stereocenters. The summed E-state index contributed by atoms with van der Waals surface area (Å²) in [6.45, 7) is 4.35. The number of para-hydroxylation sites is 1. The van der Waals surface area contributed by atoms with Crippen molar-refractivity contribution < 1.29 is 4.79 Å². The number of hydrogen-bond acceptors (Lipinski definition) is 9. The molecule has 246 valence electrons. The van der Waals surface area contributed by atoms with Gasteiger partial charge in [0.15, 0.2) is 5.82 Å². The second-order valence-corrected chi connectivity index (χ2v) is 13.4. The van der Waals surface area contributed by atoms with E-state index >= 15 is 0 Å². The molecule has 0 atom stereocenters. The molecule has 0 spiro atoms. The number of rotatable bonds is 9. The van der Waals surface area contributed by atoms with Crippen LogP contribution in [-0.4, -0.2) is 65.0 Å². The van der Waals surface area contributed by atoms with Crippen LogP contribution in [0.15, 0.2) is 83.7 Å². The number of amidine groups is 1.